The zero-order valence-electron chi connectivity index (χ0n) is 19.5. The van der Waals surface area contributed by atoms with Crippen molar-refractivity contribution in [3.05, 3.63) is 23.3 Å². The second-order valence-electron chi connectivity index (χ2n) is 8.10. The minimum absolute atomic E-state index is 2.07. The summed E-state index contributed by atoms with van der Waals surface area (Å²) in [5.41, 5.74) is 0. The first-order valence-corrected chi connectivity index (χ1v) is 11.0. The molecule has 1 aromatic rings. The normalized spacial score (nSPS) is 15.8. The van der Waals surface area contributed by atoms with Crippen molar-refractivity contribution in [2.24, 2.45) is 0 Å². The van der Waals surface area contributed by atoms with Crippen LogP contribution in [0.5, 0.6) is 5.75 Å². The fourth-order valence-electron chi connectivity index (χ4n) is 2.65. The lowest BCUT2D eigenvalue weighted by Gasteiger charge is -2.44. The third-order valence-corrected chi connectivity index (χ3v) is 6.03. The monoisotopic (exact) mass is 764 g/mol. The van der Waals surface area contributed by atoms with E-state index in [1.165, 1.54) is 0 Å². The van der Waals surface area contributed by atoms with Crippen LogP contribution in [0.4, 0.5) is 110 Å². The fourth-order valence-corrected chi connectivity index (χ4v) is 3.33. The van der Waals surface area contributed by atoms with E-state index in [1.54, 1.807) is 0 Å². The lowest BCUT2D eigenvalue weighted by molar-refractivity contribution is -0.480. The maximum Gasteiger partial charge on any atom is 0.471 e. The second-order valence-corrected chi connectivity index (χ2v) is 9.46. The van der Waals surface area contributed by atoms with Gasteiger partial charge in [0, 0.05) is 0 Å². The zero-order chi connectivity index (χ0) is 37.7. The first-order valence-electron chi connectivity index (χ1n) is 9.60. The van der Waals surface area contributed by atoms with Crippen molar-refractivity contribution >= 4 is 10.1 Å². The molecule has 0 aliphatic rings. The molecule has 0 atom stereocenters. The van der Waals surface area contributed by atoms with Crippen molar-refractivity contribution in [2.45, 2.75) is 64.6 Å². The van der Waals surface area contributed by atoms with E-state index in [4.69, 9.17) is 4.55 Å². The summed E-state index contributed by atoms with van der Waals surface area (Å²) in [6, 6.07) is 0. The van der Waals surface area contributed by atoms with Crippen LogP contribution >= 0.6 is 0 Å². The van der Waals surface area contributed by atoms with E-state index in [9.17, 15) is 118 Å². The predicted molar refractivity (Wildman–Crippen MR) is 87.3 cm³/mol. The Labute approximate surface area is 232 Å². The van der Waals surface area contributed by atoms with Crippen molar-refractivity contribution in [1.29, 1.82) is 0 Å². The minimum atomic E-state index is -9.59. The maximum atomic E-state index is 13.9. The molecular weight excluding hydrogens is 763 g/mol. The Bertz CT molecular complexity index is 1460. The van der Waals surface area contributed by atoms with Crippen LogP contribution in [0.2, 0.25) is 0 Å². The van der Waals surface area contributed by atoms with E-state index >= 15 is 0 Å². The zero-order valence-corrected chi connectivity index (χ0v) is 20.3. The van der Waals surface area contributed by atoms with Gasteiger partial charge in [-0.2, -0.15) is 105 Å². The summed E-state index contributed by atoms with van der Waals surface area (Å²) < 4.78 is 367. The highest BCUT2D eigenvalue weighted by Crippen LogP contribution is 2.66. The Morgan fingerprint density at radius 3 is 0.957 bits per heavy atom. The van der Waals surface area contributed by atoms with Crippen molar-refractivity contribution < 1.29 is 127 Å². The van der Waals surface area contributed by atoms with Crippen molar-refractivity contribution in [3.8, 4) is 5.75 Å². The number of rotatable bonds is 11. The highest BCUT2D eigenvalue weighted by Gasteiger charge is 2.98. The molecule has 270 valence electrons. The van der Waals surface area contributed by atoms with Gasteiger partial charge in [-0.3, -0.25) is 4.55 Å². The number of benzene rings is 1. The van der Waals surface area contributed by atoms with E-state index in [1.807, 2.05) is 0 Å². The van der Waals surface area contributed by atoms with Crippen LogP contribution in [0.15, 0.2) is 4.90 Å². The van der Waals surface area contributed by atoms with Gasteiger partial charge < -0.3 is 4.74 Å². The molecule has 1 rings (SSSR count). The molecule has 46 heavy (non-hydrogen) atoms. The molecule has 0 amide bonds. The summed E-state index contributed by atoms with van der Waals surface area (Å²) in [5, 5.41) is 0. The van der Waals surface area contributed by atoms with Crippen molar-refractivity contribution in [1.82, 2.24) is 0 Å². The summed E-state index contributed by atoms with van der Waals surface area (Å²) in [6.07, 6.45) is -16.5. The van der Waals surface area contributed by atoms with Gasteiger partial charge >= 0.3 is 69.8 Å². The van der Waals surface area contributed by atoms with Crippen LogP contribution in [0.25, 0.3) is 0 Å². The van der Waals surface area contributed by atoms with Crippen LogP contribution in [-0.2, 0) is 10.1 Å². The highest BCUT2D eigenvalue weighted by atomic mass is 32.2. The minimum Gasteiger partial charge on any atom is -0.423 e. The van der Waals surface area contributed by atoms with Gasteiger partial charge in [0.15, 0.2) is 22.3 Å². The summed E-state index contributed by atoms with van der Waals surface area (Å²) in [6.45, 7) is 0. The van der Waals surface area contributed by atoms with Crippen LogP contribution in [0, 0.1) is 23.3 Å². The van der Waals surface area contributed by atoms with Gasteiger partial charge in [0.05, 0.1) is 0 Å². The molecule has 1 aromatic carbocycles. The summed E-state index contributed by atoms with van der Waals surface area (Å²) in [5.74, 6) is -92.8. The summed E-state index contributed by atoms with van der Waals surface area (Å²) in [7, 11) is -6.98. The lowest BCUT2D eigenvalue weighted by atomic mass is 9.87. The van der Waals surface area contributed by atoms with Gasteiger partial charge in [-0.25, -0.2) is 13.2 Å². The smallest absolute Gasteiger partial charge is 0.423 e. The summed E-state index contributed by atoms with van der Waals surface area (Å²) >= 11 is 0. The Balaban J connectivity index is 3.99. The van der Waals surface area contributed by atoms with Crippen LogP contribution in [0.3, 0.4) is 0 Å². The maximum absolute atomic E-state index is 13.9. The molecule has 4 nitrogen and oxygen atoms in total. The Kier molecular flexibility index (Phi) is 9.49. The van der Waals surface area contributed by atoms with Crippen molar-refractivity contribution in [3.63, 3.8) is 0 Å². The predicted octanol–water partition coefficient (Wildman–Crippen LogP) is 8.11. The van der Waals surface area contributed by atoms with Gasteiger partial charge in [0.1, 0.15) is 0 Å². The SMILES string of the molecule is O=S(=O)(O)c1c(F)c(F)c(F)c(F)c1OC(F)(F)C(F)(F)C(F)(F)C(F)(F)C(F)(F)C(F)(F)C(F)(F)C(F)(F)C(F)(F)C(F)(F)F. The largest absolute Gasteiger partial charge is 0.471 e. The molecule has 0 saturated carbocycles. The van der Waals surface area contributed by atoms with E-state index in [0.29, 0.717) is 0 Å². The molecule has 30 heteroatoms. The van der Waals surface area contributed by atoms with Gasteiger partial charge in [0.2, 0.25) is 11.6 Å². The Morgan fingerprint density at radius 1 is 0.413 bits per heavy atom. The average Bonchev–Trinajstić information content (AvgIpc) is 2.83. The van der Waals surface area contributed by atoms with Crippen LogP contribution in [-0.4, -0.2) is 72.6 Å². The van der Waals surface area contributed by atoms with E-state index in [0.717, 1.165) is 0 Å². The molecular formula is C16HF25O4S. The second kappa shape index (κ2) is 10.6. The first kappa shape index (κ1) is 41.2. The quantitative estimate of drug-likeness (QED) is 0.107. The topological polar surface area (TPSA) is 63.6 Å². The highest BCUT2D eigenvalue weighted by molar-refractivity contribution is 7.86. The molecule has 1 N–H and O–H groups in total. The number of hydrogen-bond acceptors (Lipinski definition) is 3. The van der Waals surface area contributed by atoms with Gasteiger partial charge in [-0.05, 0) is 0 Å². The molecule has 0 aromatic heterocycles. The van der Waals surface area contributed by atoms with E-state index in [-0.39, 0.29) is 0 Å². The standard InChI is InChI=1S/C16HF25O4S/c17-1-2(18)4(20)6(46(42,43)44)5(3(1)19)45-16(40,41)14(35,36)12(31,32)10(27,28)8(23,24)7(21,22)9(25,26)11(29,30)13(33,34)15(37,38)39/h(H,42,43,44). The number of hydrogen-bond donors (Lipinski definition) is 1. The van der Waals surface area contributed by atoms with E-state index < -0.39 is 104 Å². The number of halogens is 25. The van der Waals surface area contributed by atoms with E-state index in [2.05, 4.69) is 4.74 Å². The molecule has 0 saturated heterocycles. The van der Waals surface area contributed by atoms with Crippen LogP contribution in [0.1, 0.15) is 0 Å². The number of ether oxygens (including phenoxy) is 1. The fraction of sp³-hybridized carbons (Fsp3) is 0.625. The third kappa shape index (κ3) is 5.19. The molecule has 0 unspecified atom stereocenters. The average molecular weight is 764 g/mol. The molecule has 0 aliphatic carbocycles. The number of alkyl halides is 21. The molecule has 0 spiro atoms. The van der Waals surface area contributed by atoms with Crippen molar-refractivity contribution in [2.75, 3.05) is 0 Å². The molecule has 0 aliphatic heterocycles. The lowest BCUT2D eigenvalue weighted by Crippen LogP contribution is -2.77. The van der Waals surface area contributed by atoms with Crippen LogP contribution < -0.4 is 4.74 Å². The molecule has 0 radical (unpaired) electrons. The Hall–Kier alpha value is -2.82. The van der Waals surface area contributed by atoms with Gasteiger partial charge in [-0.1, -0.05) is 0 Å². The molecule has 0 heterocycles. The summed E-state index contributed by atoms with van der Waals surface area (Å²) in [4.78, 5) is -3.64. The molecule has 0 bridgehead atoms. The van der Waals surface area contributed by atoms with Gasteiger partial charge in [0.25, 0.3) is 0 Å². The third-order valence-electron chi connectivity index (χ3n) is 5.15. The van der Waals surface area contributed by atoms with Gasteiger partial charge in [-0.15, -0.1) is 0 Å². The Morgan fingerprint density at radius 2 is 0.674 bits per heavy atom. The molecule has 0 fully saturated rings. The first-order chi connectivity index (χ1) is 19.6.